The van der Waals surface area contributed by atoms with E-state index in [9.17, 15) is 18.3 Å². The third kappa shape index (κ3) is 2.32. The van der Waals surface area contributed by atoms with Crippen LogP contribution in [0.5, 0.6) is 0 Å². The minimum atomic E-state index is -4.44. The van der Waals surface area contributed by atoms with Gasteiger partial charge in [0.1, 0.15) is 11.7 Å². The predicted molar refractivity (Wildman–Crippen MR) is 70.5 cm³/mol. The van der Waals surface area contributed by atoms with E-state index in [4.69, 9.17) is 4.74 Å². The first-order valence-electron chi connectivity index (χ1n) is 6.49. The van der Waals surface area contributed by atoms with Crippen molar-refractivity contribution in [1.29, 1.82) is 0 Å². The summed E-state index contributed by atoms with van der Waals surface area (Å²) in [6, 6.07) is 14.1. The zero-order chi connectivity index (χ0) is 15.1. The Bertz CT molecular complexity index is 639. The molecular weight excluding hydrogens is 281 g/mol. The number of benzene rings is 2. The second-order valence-electron chi connectivity index (χ2n) is 5.00. The van der Waals surface area contributed by atoms with Gasteiger partial charge >= 0.3 is 6.18 Å². The Balaban J connectivity index is 2.01. The lowest BCUT2D eigenvalue weighted by atomic mass is 9.90. The molecule has 0 aromatic heterocycles. The molecule has 1 saturated heterocycles. The lowest BCUT2D eigenvalue weighted by molar-refractivity contribution is -0.138. The maximum absolute atomic E-state index is 13.1. The summed E-state index contributed by atoms with van der Waals surface area (Å²) in [6.07, 6.45) is -5.23. The lowest BCUT2D eigenvalue weighted by Crippen LogP contribution is -2.17. The van der Waals surface area contributed by atoms with E-state index >= 15 is 0 Å². The number of epoxide rings is 1. The molecule has 2 nitrogen and oxygen atoms in total. The second kappa shape index (κ2) is 4.86. The molecule has 1 aliphatic rings. The monoisotopic (exact) mass is 294 g/mol. The first kappa shape index (κ1) is 14.1. The van der Waals surface area contributed by atoms with Crippen LogP contribution >= 0.6 is 0 Å². The summed E-state index contributed by atoms with van der Waals surface area (Å²) >= 11 is 0. The minimum absolute atomic E-state index is 0.0582. The van der Waals surface area contributed by atoms with Crippen molar-refractivity contribution in [1.82, 2.24) is 0 Å². The topological polar surface area (TPSA) is 32.8 Å². The van der Waals surface area contributed by atoms with Crippen molar-refractivity contribution in [3.63, 3.8) is 0 Å². The molecule has 2 aromatic carbocycles. The molecule has 0 saturated carbocycles. The van der Waals surface area contributed by atoms with E-state index in [1.807, 2.05) is 0 Å². The Kier molecular flexibility index (Phi) is 3.26. The van der Waals surface area contributed by atoms with Crippen LogP contribution in [0.4, 0.5) is 13.2 Å². The highest BCUT2D eigenvalue weighted by Gasteiger charge is 2.59. The molecule has 1 aliphatic heterocycles. The summed E-state index contributed by atoms with van der Waals surface area (Å²) in [6.45, 7) is -0.367. The Labute approximate surface area is 119 Å². The van der Waals surface area contributed by atoms with Crippen molar-refractivity contribution in [3.8, 4) is 0 Å². The number of hydrogen-bond donors (Lipinski definition) is 1. The van der Waals surface area contributed by atoms with E-state index in [-0.39, 0.29) is 12.2 Å². The third-order valence-corrected chi connectivity index (χ3v) is 3.74. The molecular formula is C16H13F3O2. The maximum Gasteiger partial charge on any atom is 0.416 e. The zero-order valence-corrected chi connectivity index (χ0v) is 11.0. The van der Waals surface area contributed by atoms with Crippen molar-refractivity contribution < 1.29 is 23.0 Å². The summed E-state index contributed by atoms with van der Waals surface area (Å²) in [5.41, 5.74) is -1.07. The summed E-state index contributed by atoms with van der Waals surface area (Å²) < 4.78 is 44.7. The standard InChI is InChI=1S/C16H13F3O2/c17-16(18,19)13-9-5-4-8-12(13)14-15(10-20,21-14)11-6-2-1-3-7-11/h1-9,14,20H,10H2/t14-,15+/m0/s1. The highest BCUT2D eigenvalue weighted by Crippen LogP contribution is 2.58. The molecule has 0 amide bonds. The van der Waals surface area contributed by atoms with E-state index in [1.54, 1.807) is 36.4 Å². The summed E-state index contributed by atoms with van der Waals surface area (Å²) in [7, 11) is 0. The lowest BCUT2D eigenvalue weighted by Gasteiger charge is -2.14. The average molecular weight is 294 g/mol. The van der Waals surface area contributed by atoms with Crippen LogP contribution in [0.3, 0.4) is 0 Å². The van der Waals surface area contributed by atoms with Gasteiger partial charge in [0, 0.05) is 0 Å². The fourth-order valence-electron chi connectivity index (χ4n) is 2.63. The van der Waals surface area contributed by atoms with E-state index < -0.39 is 23.4 Å². The van der Waals surface area contributed by atoms with Crippen LogP contribution in [0.25, 0.3) is 0 Å². The van der Waals surface area contributed by atoms with Gasteiger partial charge in [-0.05, 0) is 17.2 Å². The Morgan fingerprint density at radius 3 is 2.24 bits per heavy atom. The van der Waals surface area contributed by atoms with Crippen LogP contribution in [0.1, 0.15) is 22.8 Å². The van der Waals surface area contributed by atoms with Gasteiger partial charge in [0.25, 0.3) is 0 Å². The molecule has 21 heavy (non-hydrogen) atoms. The summed E-state index contributed by atoms with van der Waals surface area (Å²) in [5, 5.41) is 9.63. The molecule has 0 spiro atoms. The van der Waals surface area contributed by atoms with Crippen molar-refractivity contribution >= 4 is 0 Å². The molecule has 110 valence electrons. The summed E-state index contributed by atoms with van der Waals surface area (Å²) in [4.78, 5) is 0. The SMILES string of the molecule is OC[C@]1(c2ccccc2)O[C@H]1c1ccccc1C(F)(F)F. The average Bonchev–Trinajstić information content (AvgIpc) is 3.23. The first-order chi connectivity index (χ1) is 9.99. The molecule has 1 N–H and O–H groups in total. The molecule has 0 bridgehead atoms. The van der Waals surface area contributed by atoms with Crippen molar-refractivity contribution in [3.05, 3.63) is 71.3 Å². The number of aliphatic hydroxyl groups is 1. The third-order valence-electron chi connectivity index (χ3n) is 3.74. The van der Waals surface area contributed by atoms with Crippen LogP contribution in [0.15, 0.2) is 54.6 Å². The highest BCUT2D eigenvalue weighted by atomic mass is 19.4. The van der Waals surface area contributed by atoms with Crippen LogP contribution in [0, 0.1) is 0 Å². The largest absolute Gasteiger partial charge is 0.416 e. The summed E-state index contributed by atoms with van der Waals surface area (Å²) in [5.74, 6) is 0. The van der Waals surface area contributed by atoms with Crippen molar-refractivity contribution in [2.75, 3.05) is 6.61 Å². The maximum atomic E-state index is 13.1. The smallest absolute Gasteiger partial charge is 0.393 e. The fraction of sp³-hybridized carbons (Fsp3) is 0.250. The second-order valence-corrected chi connectivity index (χ2v) is 5.00. The van der Waals surface area contributed by atoms with Gasteiger partial charge in [-0.25, -0.2) is 0 Å². The van der Waals surface area contributed by atoms with Gasteiger partial charge in [0.05, 0.1) is 12.2 Å². The van der Waals surface area contributed by atoms with Gasteiger partial charge in [-0.3, -0.25) is 0 Å². The normalized spacial score (nSPS) is 24.9. The van der Waals surface area contributed by atoms with Gasteiger partial charge in [-0.15, -0.1) is 0 Å². The Hall–Kier alpha value is -1.85. The molecule has 1 heterocycles. The molecule has 0 aliphatic carbocycles. The number of hydrogen-bond acceptors (Lipinski definition) is 2. The predicted octanol–water partition coefficient (Wildman–Crippen LogP) is 3.66. The quantitative estimate of drug-likeness (QED) is 0.876. The van der Waals surface area contributed by atoms with Crippen molar-refractivity contribution in [2.45, 2.75) is 17.9 Å². The Morgan fingerprint density at radius 1 is 1.00 bits per heavy atom. The highest BCUT2D eigenvalue weighted by molar-refractivity contribution is 5.41. The van der Waals surface area contributed by atoms with Crippen LogP contribution in [-0.4, -0.2) is 11.7 Å². The first-order valence-corrected chi connectivity index (χ1v) is 6.49. The van der Waals surface area contributed by atoms with E-state index in [0.29, 0.717) is 5.56 Å². The van der Waals surface area contributed by atoms with Crippen LogP contribution in [0.2, 0.25) is 0 Å². The molecule has 5 heteroatoms. The number of alkyl halides is 3. The number of halogens is 3. The van der Waals surface area contributed by atoms with Gasteiger partial charge in [0.15, 0.2) is 0 Å². The van der Waals surface area contributed by atoms with E-state index in [0.717, 1.165) is 6.07 Å². The van der Waals surface area contributed by atoms with Crippen molar-refractivity contribution in [2.24, 2.45) is 0 Å². The molecule has 0 radical (unpaired) electrons. The fourth-order valence-corrected chi connectivity index (χ4v) is 2.63. The zero-order valence-electron chi connectivity index (χ0n) is 11.0. The molecule has 2 aromatic rings. The van der Waals surface area contributed by atoms with Gasteiger partial charge in [-0.1, -0.05) is 48.5 Å². The molecule has 2 atom stereocenters. The molecule has 0 unspecified atom stereocenters. The van der Waals surface area contributed by atoms with Gasteiger partial charge in [0.2, 0.25) is 0 Å². The molecule has 1 fully saturated rings. The Morgan fingerprint density at radius 2 is 1.62 bits per heavy atom. The molecule has 3 rings (SSSR count). The van der Waals surface area contributed by atoms with Gasteiger partial charge < -0.3 is 9.84 Å². The minimum Gasteiger partial charge on any atom is -0.393 e. The number of aliphatic hydroxyl groups excluding tert-OH is 1. The number of ether oxygens (including phenoxy) is 1. The van der Waals surface area contributed by atoms with E-state index in [2.05, 4.69) is 0 Å². The number of rotatable bonds is 3. The van der Waals surface area contributed by atoms with Gasteiger partial charge in [-0.2, -0.15) is 13.2 Å². The van der Waals surface area contributed by atoms with Crippen LogP contribution in [-0.2, 0) is 16.5 Å². The van der Waals surface area contributed by atoms with E-state index in [1.165, 1.54) is 12.1 Å². The van der Waals surface area contributed by atoms with Crippen LogP contribution < -0.4 is 0 Å².